The number of hydrogen-bond donors (Lipinski definition) is 2. The summed E-state index contributed by atoms with van der Waals surface area (Å²) in [7, 11) is 0. The number of phenolic OH excluding ortho intramolecular Hbond substituents is 2. The van der Waals surface area contributed by atoms with Gasteiger partial charge in [-0.3, -0.25) is 4.79 Å². The minimum atomic E-state index is -0.722. The number of aromatic hydroxyl groups is 2. The fraction of sp³-hybridized carbons (Fsp3) is 0.238. The maximum Gasteiger partial charge on any atom is 0.347 e. The van der Waals surface area contributed by atoms with Crippen molar-refractivity contribution in [2.45, 2.75) is 34.1 Å². The number of phenols is 2. The Bertz CT molecular complexity index is 997. The van der Waals surface area contributed by atoms with Crippen LogP contribution in [-0.2, 0) is 6.42 Å². The molecule has 0 fully saturated rings. The lowest BCUT2D eigenvalue weighted by molar-refractivity contribution is 0.0736. The largest absolute Gasteiger partial charge is 0.508 e. The average Bonchev–Trinajstić information content (AvgIpc) is 2.71. The number of aryl methyl sites for hydroxylation is 1. The number of hydrogen-bond acceptors (Lipinski definition) is 6. The van der Waals surface area contributed by atoms with Gasteiger partial charge in [-0.05, 0) is 45.7 Å². The highest BCUT2D eigenvalue weighted by molar-refractivity contribution is 6.01. The summed E-state index contributed by atoms with van der Waals surface area (Å²) < 4.78 is 11.3. The van der Waals surface area contributed by atoms with Crippen molar-refractivity contribution in [3.63, 3.8) is 0 Å². The van der Waals surface area contributed by atoms with Crippen LogP contribution in [0.2, 0.25) is 0 Å². The Kier molecular flexibility index (Phi) is 4.66. The number of ether oxygens (including phenoxy) is 2. The average molecular weight is 368 g/mol. The van der Waals surface area contributed by atoms with Crippen LogP contribution in [0, 0.1) is 13.8 Å². The van der Waals surface area contributed by atoms with Gasteiger partial charge in [0.15, 0.2) is 23.5 Å². The highest BCUT2D eigenvalue weighted by Crippen LogP contribution is 2.47. The van der Waals surface area contributed by atoms with Crippen molar-refractivity contribution < 1.29 is 29.3 Å². The van der Waals surface area contributed by atoms with Gasteiger partial charge in [0.2, 0.25) is 0 Å². The summed E-state index contributed by atoms with van der Waals surface area (Å²) in [5.74, 6) is -0.776. The van der Waals surface area contributed by atoms with Crippen molar-refractivity contribution in [3.05, 3.63) is 51.6 Å². The second-order valence-electron chi connectivity index (χ2n) is 6.75. The molecule has 0 bridgehead atoms. The molecule has 6 nitrogen and oxygen atoms in total. The zero-order valence-corrected chi connectivity index (χ0v) is 15.5. The first-order valence-corrected chi connectivity index (χ1v) is 8.45. The molecule has 2 aromatic rings. The summed E-state index contributed by atoms with van der Waals surface area (Å²) >= 11 is 0. The SMILES string of the molecule is CC(C)=CCc1c(O)cc2c(c1C)Oc1c(C=O)c(O)cc(C)c1C(=O)O2. The number of carbonyl (C=O) groups excluding carboxylic acids is 2. The van der Waals surface area contributed by atoms with Crippen LogP contribution in [0.3, 0.4) is 0 Å². The smallest absolute Gasteiger partial charge is 0.347 e. The maximum absolute atomic E-state index is 12.6. The number of benzene rings is 2. The van der Waals surface area contributed by atoms with Gasteiger partial charge in [-0.1, -0.05) is 11.6 Å². The maximum atomic E-state index is 12.6. The molecule has 0 atom stereocenters. The topological polar surface area (TPSA) is 93.1 Å². The summed E-state index contributed by atoms with van der Waals surface area (Å²) in [4.78, 5) is 24.1. The highest BCUT2D eigenvalue weighted by Gasteiger charge is 2.31. The van der Waals surface area contributed by atoms with E-state index in [0.717, 1.165) is 5.57 Å². The minimum absolute atomic E-state index is 0.0127. The minimum Gasteiger partial charge on any atom is -0.508 e. The molecule has 2 N–H and O–H groups in total. The number of rotatable bonds is 3. The van der Waals surface area contributed by atoms with Gasteiger partial charge in [-0.15, -0.1) is 0 Å². The molecule has 140 valence electrons. The molecule has 0 aliphatic carbocycles. The third-order valence-electron chi connectivity index (χ3n) is 4.53. The lowest BCUT2D eigenvalue weighted by Crippen LogP contribution is -2.10. The van der Waals surface area contributed by atoms with E-state index in [1.807, 2.05) is 19.9 Å². The molecule has 2 aromatic carbocycles. The van der Waals surface area contributed by atoms with E-state index in [1.54, 1.807) is 13.8 Å². The van der Waals surface area contributed by atoms with E-state index in [9.17, 15) is 19.8 Å². The summed E-state index contributed by atoms with van der Waals surface area (Å²) in [5, 5.41) is 20.5. The van der Waals surface area contributed by atoms with Crippen molar-refractivity contribution in [1.82, 2.24) is 0 Å². The Hall–Kier alpha value is -3.28. The molecule has 1 aliphatic heterocycles. The van der Waals surface area contributed by atoms with Gasteiger partial charge in [0.1, 0.15) is 17.1 Å². The molecule has 1 heterocycles. The van der Waals surface area contributed by atoms with E-state index in [-0.39, 0.29) is 39.9 Å². The monoisotopic (exact) mass is 368 g/mol. The Labute approximate surface area is 156 Å². The quantitative estimate of drug-likeness (QED) is 0.362. The lowest BCUT2D eigenvalue weighted by atomic mass is 10.0. The molecular weight excluding hydrogens is 348 g/mol. The van der Waals surface area contributed by atoms with Gasteiger partial charge in [-0.2, -0.15) is 0 Å². The third-order valence-corrected chi connectivity index (χ3v) is 4.53. The summed E-state index contributed by atoms with van der Waals surface area (Å²) in [6, 6.07) is 2.64. The Balaban J connectivity index is 2.26. The standard InChI is InChI=1S/C21H20O6/c1-10(2)5-6-13-12(4)19-17(8-16(13)24)26-21(25)18-11(3)7-15(23)14(9-22)20(18)27-19/h5,7-9,23-24H,6H2,1-4H3. The first-order chi connectivity index (χ1) is 12.7. The van der Waals surface area contributed by atoms with E-state index in [1.165, 1.54) is 12.1 Å². The zero-order valence-electron chi connectivity index (χ0n) is 15.5. The van der Waals surface area contributed by atoms with Crippen LogP contribution < -0.4 is 9.47 Å². The number of esters is 1. The van der Waals surface area contributed by atoms with E-state index in [0.29, 0.717) is 29.4 Å². The van der Waals surface area contributed by atoms with Crippen molar-refractivity contribution in [3.8, 4) is 28.7 Å². The fourth-order valence-corrected chi connectivity index (χ4v) is 3.07. The molecule has 0 radical (unpaired) electrons. The first kappa shape index (κ1) is 18.5. The lowest BCUT2D eigenvalue weighted by Gasteiger charge is -2.16. The molecule has 3 rings (SSSR count). The molecule has 0 aromatic heterocycles. The number of allylic oxidation sites excluding steroid dienone is 2. The molecule has 0 spiro atoms. The fourth-order valence-electron chi connectivity index (χ4n) is 3.07. The van der Waals surface area contributed by atoms with E-state index >= 15 is 0 Å². The van der Waals surface area contributed by atoms with E-state index < -0.39 is 5.97 Å². The van der Waals surface area contributed by atoms with E-state index in [4.69, 9.17) is 9.47 Å². The van der Waals surface area contributed by atoms with Crippen LogP contribution in [0.5, 0.6) is 28.7 Å². The third kappa shape index (κ3) is 3.14. The molecular formula is C21H20O6. The zero-order chi connectivity index (χ0) is 19.9. The second-order valence-corrected chi connectivity index (χ2v) is 6.75. The predicted octanol–water partition coefficient (Wildman–Crippen LogP) is 4.36. The van der Waals surface area contributed by atoms with Crippen molar-refractivity contribution in [1.29, 1.82) is 0 Å². The number of aldehydes is 1. The van der Waals surface area contributed by atoms with Crippen LogP contribution in [0.25, 0.3) is 0 Å². The van der Waals surface area contributed by atoms with Gasteiger partial charge in [-0.25, -0.2) is 4.79 Å². The Morgan fingerprint density at radius 3 is 2.41 bits per heavy atom. The highest BCUT2D eigenvalue weighted by atomic mass is 16.6. The molecule has 0 saturated heterocycles. The van der Waals surface area contributed by atoms with Gasteiger partial charge in [0.25, 0.3) is 0 Å². The van der Waals surface area contributed by atoms with Gasteiger partial charge < -0.3 is 19.7 Å². The van der Waals surface area contributed by atoms with E-state index in [2.05, 4.69) is 0 Å². The molecule has 0 unspecified atom stereocenters. The van der Waals surface area contributed by atoms with Gasteiger partial charge in [0.05, 0.1) is 5.56 Å². The predicted molar refractivity (Wildman–Crippen MR) is 99.2 cm³/mol. The van der Waals surface area contributed by atoms with Crippen molar-refractivity contribution >= 4 is 12.3 Å². The Morgan fingerprint density at radius 1 is 1.07 bits per heavy atom. The van der Waals surface area contributed by atoms with Crippen LogP contribution in [0.1, 0.15) is 51.3 Å². The summed E-state index contributed by atoms with van der Waals surface area (Å²) in [5.41, 5.74) is 2.65. The number of fused-ring (bicyclic) bond motifs is 2. The van der Waals surface area contributed by atoms with Crippen LogP contribution >= 0.6 is 0 Å². The van der Waals surface area contributed by atoms with Crippen LogP contribution in [0.4, 0.5) is 0 Å². The van der Waals surface area contributed by atoms with Crippen LogP contribution in [-0.4, -0.2) is 22.5 Å². The van der Waals surface area contributed by atoms with Crippen LogP contribution in [0.15, 0.2) is 23.8 Å². The Morgan fingerprint density at radius 2 is 1.78 bits per heavy atom. The van der Waals surface area contributed by atoms with Gasteiger partial charge in [0, 0.05) is 17.2 Å². The normalized spacial score (nSPS) is 12.2. The first-order valence-electron chi connectivity index (χ1n) is 8.45. The molecule has 0 amide bonds. The van der Waals surface area contributed by atoms with Gasteiger partial charge >= 0.3 is 5.97 Å². The van der Waals surface area contributed by atoms with Crippen molar-refractivity contribution in [2.24, 2.45) is 0 Å². The molecule has 1 aliphatic rings. The number of carbonyl (C=O) groups is 2. The summed E-state index contributed by atoms with van der Waals surface area (Å²) in [6.07, 6.45) is 2.86. The molecule has 0 saturated carbocycles. The molecule has 27 heavy (non-hydrogen) atoms. The van der Waals surface area contributed by atoms with Crippen molar-refractivity contribution in [2.75, 3.05) is 0 Å². The second kappa shape index (κ2) is 6.79. The summed E-state index contributed by atoms with van der Waals surface area (Å²) in [6.45, 7) is 7.25. The molecule has 6 heteroatoms.